The zero-order valence-electron chi connectivity index (χ0n) is 11.1. The fourth-order valence-electron chi connectivity index (χ4n) is 3.15. The van der Waals surface area contributed by atoms with E-state index in [-0.39, 0.29) is 0 Å². The summed E-state index contributed by atoms with van der Waals surface area (Å²) in [4.78, 5) is 0. The molecule has 1 atom stereocenters. The fraction of sp³-hybridized carbons (Fsp3) is 0.600. The molecule has 0 spiro atoms. The Bertz CT molecular complexity index is 354. The molecule has 0 aliphatic heterocycles. The number of rotatable bonds is 3. The quantitative estimate of drug-likeness (QED) is 0.810. The van der Waals surface area contributed by atoms with Crippen molar-refractivity contribution in [1.82, 2.24) is 0 Å². The molecule has 0 bridgehead atoms. The Kier molecular flexibility index (Phi) is 4.05. The smallest absolute Gasteiger partial charge is 0.0921 e. The van der Waals surface area contributed by atoms with Crippen molar-refractivity contribution in [1.29, 1.82) is 0 Å². The molecule has 0 radical (unpaired) electrons. The van der Waals surface area contributed by atoms with Crippen LogP contribution in [0.1, 0.15) is 51.0 Å². The Morgan fingerprint density at radius 2 is 1.76 bits per heavy atom. The zero-order chi connectivity index (χ0) is 12.3. The summed E-state index contributed by atoms with van der Waals surface area (Å²) in [7, 11) is 1.09. The van der Waals surface area contributed by atoms with E-state index < -0.39 is 5.60 Å². The van der Waals surface area contributed by atoms with Crippen molar-refractivity contribution in [3.05, 3.63) is 29.8 Å². The summed E-state index contributed by atoms with van der Waals surface area (Å²) in [5, 5.41) is 12.4. The molecule has 1 unspecified atom stereocenters. The second-order valence-electron chi connectivity index (χ2n) is 5.48. The summed E-state index contributed by atoms with van der Waals surface area (Å²) >= 11 is 0. The van der Waals surface area contributed by atoms with Crippen LogP contribution in [0.2, 0.25) is 0 Å². The molecule has 1 aromatic rings. The van der Waals surface area contributed by atoms with Crippen LogP contribution in [0.4, 0.5) is 0 Å². The average Bonchev–Trinajstić information content (AvgIpc) is 2.40. The van der Waals surface area contributed by atoms with Gasteiger partial charge in [0.25, 0.3) is 0 Å². The Labute approximate surface area is 108 Å². The van der Waals surface area contributed by atoms with E-state index in [4.69, 9.17) is 0 Å². The van der Waals surface area contributed by atoms with Gasteiger partial charge in [0.2, 0.25) is 0 Å². The Morgan fingerprint density at radius 3 is 2.29 bits per heavy atom. The average molecular weight is 248 g/mol. The third kappa shape index (κ3) is 2.63. The Balaban J connectivity index is 2.25. The third-order valence-electron chi connectivity index (χ3n) is 4.37. The minimum absolute atomic E-state index is 0.459. The molecule has 1 N–H and O–H groups in total. The minimum Gasteiger partial charge on any atom is -0.385 e. The predicted molar refractivity (Wildman–Crippen MR) is 76.8 cm³/mol. The highest BCUT2D eigenvalue weighted by Gasteiger charge is 2.36. The molecule has 0 heterocycles. The summed E-state index contributed by atoms with van der Waals surface area (Å²) < 4.78 is 0. The van der Waals surface area contributed by atoms with Crippen molar-refractivity contribution in [3.63, 3.8) is 0 Å². The SMILES string of the molecule is CCC(O)(c1ccc([SiH3])cc1)C1CCCCC1. The van der Waals surface area contributed by atoms with Crippen LogP contribution in [0.5, 0.6) is 0 Å². The van der Waals surface area contributed by atoms with E-state index in [1.807, 2.05) is 0 Å². The van der Waals surface area contributed by atoms with E-state index in [2.05, 4.69) is 31.2 Å². The van der Waals surface area contributed by atoms with Crippen LogP contribution in [-0.4, -0.2) is 15.3 Å². The lowest BCUT2D eigenvalue weighted by Crippen LogP contribution is -2.36. The molecule has 2 heteroatoms. The molecular weight excluding hydrogens is 224 g/mol. The van der Waals surface area contributed by atoms with Crippen LogP contribution in [0.15, 0.2) is 24.3 Å². The van der Waals surface area contributed by atoms with Gasteiger partial charge < -0.3 is 5.11 Å². The van der Waals surface area contributed by atoms with E-state index in [0.717, 1.165) is 22.2 Å². The van der Waals surface area contributed by atoms with E-state index in [1.165, 1.54) is 37.3 Å². The van der Waals surface area contributed by atoms with Crippen LogP contribution >= 0.6 is 0 Å². The standard InChI is InChI=1S/C15H24OSi/c1-2-15(16,12-6-4-3-5-7-12)13-8-10-14(17)11-9-13/h8-12,16H,2-7H2,1,17H3. The molecule has 1 nitrogen and oxygen atoms in total. The first-order valence-corrected chi connectivity index (χ1v) is 7.96. The first-order chi connectivity index (χ1) is 8.16. The lowest BCUT2D eigenvalue weighted by molar-refractivity contribution is -0.0421. The highest BCUT2D eigenvalue weighted by molar-refractivity contribution is 6.32. The largest absolute Gasteiger partial charge is 0.385 e. The van der Waals surface area contributed by atoms with Gasteiger partial charge in [0, 0.05) is 10.2 Å². The molecule has 1 aliphatic rings. The van der Waals surface area contributed by atoms with Gasteiger partial charge in [-0.3, -0.25) is 0 Å². The summed E-state index contributed by atoms with van der Waals surface area (Å²) in [6.07, 6.45) is 7.12. The molecule has 1 saturated carbocycles. The molecule has 17 heavy (non-hydrogen) atoms. The molecule has 0 amide bonds. The molecule has 1 aliphatic carbocycles. The van der Waals surface area contributed by atoms with Gasteiger partial charge in [0.15, 0.2) is 0 Å². The highest BCUT2D eigenvalue weighted by Crippen LogP contribution is 2.41. The molecule has 0 aromatic heterocycles. The normalized spacial score (nSPS) is 21.3. The van der Waals surface area contributed by atoms with Crippen LogP contribution in [0.3, 0.4) is 0 Å². The zero-order valence-corrected chi connectivity index (χ0v) is 13.1. The van der Waals surface area contributed by atoms with Gasteiger partial charge in [-0.25, -0.2) is 0 Å². The molecule has 2 rings (SSSR count). The Hall–Kier alpha value is -0.603. The Morgan fingerprint density at radius 1 is 1.18 bits per heavy atom. The van der Waals surface area contributed by atoms with Gasteiger partial charge in [-0.15, -0.1) is 0 Å². The van der Waals surface area contributed by atoms with Crippen LogP contribution < -0.4 is 5.19 Å². The van der Waals surface area contributed by atoms with Gasteiger partial charge >= 0.3 is 0 Å². The predicted octanol–water partition coefficient (Wildman–Crippen LogP) is 1.86. The van der Waals surface area contributed by atoms with Crippen molar-refractivity contribution < 1.29 is 5.11 Å². The minimum atomic E-state index is -0.588. The first-order valence-electron chi connectivity index (χ1n) is 6.96. The van der Waals surface area contributed by atoms with Gasteiger partial charge in [-0.2, -0.15) is 0 Å². The monoisotopic (exact) mass is 248 g/mol. The second-order valence-corrected chi connectivity index (χ2v) is 6.63. The summed E-state index contributed by atoms with van der Waals surface area (Å²) in [6, 6.07) is 8.62. The highest BCUT2D eigenvalue weighted by atomic mass is 28.1. The van der Waals surface area contributed by atoms with Crippen molar-refractivity contribution in [2.24, 2.45) is 5.92 Å². The molecule has 1 aromatic carbocycles. The maximum absolute atomic E-state index is 11.0. The lowest BCUT2D eigenvalue weighted by atomic mass is 9.72. The van der Waals surface area contributed by atoms with Crippen molar-refractivity contribution in [2.45, 2.75) is 51.0 Å². The molecule has 94 valence electrons. The van der Waals surface area contributed by atoms with Crippen LogP contribution in [-0.2, 0) is 5.60 Å². The van der Waals surface area contributed by atoms with E-state index in [9.17, 15) is 5.11 Å². The number of aliphatic hydroxyl groups is 1. The first kappa shape index (κ1) is 12.8. The molecule has 0 saturated heterocycles. The number of benzene rings is 1. The lowest BCUT2D eigenvalue weighted by Gasteiger charge is -2.38. The van der Waals surface area contributed by atoms with E-state index >= 15 is 0 Å². The van der Waals surface area contributed by atoms with E-state index in [1.54, 1.807) is 0 Å². The van der Waals surface area contributed by atoms with Crippen molar-refractivity contribution in [2.75, 3.05) is 0 Å². The maximum Gasteiger partial charge on any atom is 0.0921 e. The summed E-state index contributed by atoms with van der Waals surface area (Å²) in [5.74, 6) is 0.459. The maximum atomic E-state index is 11.0. The van der Waals surface area contributed by atoms with Crippen LogP contribution in [0, 0.1) is 5.92 Å². The van der Waals surface area contributed by atoms with Crippen molar-refractivity contribution >= 4 is 15.4 Å². The second kappa shape index (κ2) is 5.36. The molecule has 1 fully saturated rings. The van der Waals surface area contributed by atoms with Crippen LogP contribution in [0.25, 0.3) is 0 Å². The third-order valence-corrected chi connectivity index (χ3v) is 5.04. The van der Waals surface area contributed by atoms with Gasteiger partial charge in [-0.05, 0) is 30.7 Å². The topological polar surface area (TPSA) is 20.2 Å². The van der Waals surface area contributed by atoms with Gasteiger partial charge in [-0.1, -0.05) is 55.6 Å². The van der Waals surface area contributed by atoms with E-state index in [0.29, 0.717) is 5.92 Å². The fourth-order valence-corrected chi connectivity index (χ4v) is 3.48. The molecular formula is C15H24OSi. The number of hydrogen-bond acceptors (Lipinski definition) is 1. The van der Waals surface area contributed by atoms with Crippen molar-refractivity contribution in [3.8, 4) is 0 Å². The summed E-state index contributed by atoms with van der Waals surface area (Å²) in [6.45, 7) is 2.11. The van der Waals surface area contributed by atoms with Gasteiger partial charge in [0.05, 0.1) is 5.60 Å². The number of hydrogen-bond donors (Lipinski definition) is 1. The summed E-state index contributed by atoms with van der Waals surface area (Å²) in [5.41, 5.74) is 0.543. The van der Waals surface area contributed by atoms with Gasteiger partial charge in [0.1, 0.15) is 0 Å².